The third-order valence-electron chi connectivity index (χ3n) is 2.29. The molecule has 1 N–H and O–H groups in total. The minimum atomic E-state index is -0.733. The molecule has 0 bridgehead atoms. The van der Waals surface area contributed by atoms with Crippen LogP contribution in [-0.4, -0.2) is 26.1 Å². The number of carbonyl (C=O) groups is 1. The molecular formula is C11H18N2O2S. The van der Waals surface area contributed by atoms with Crippen LogP contribution in [0.2, 0.25) is 0 Å². The number of rotatable bonds is 6. The number of thioether (sulfide) groups is 1. The summed E-state index contributed by atoms with van der Waals surface area (Å²) < 4.78 is 1.85. The third kappa shape index (κ3) is 3.56. The van der Waals surface area contributed by atoms with Crippen LogP contribution in [0.5, 0.6) is 0 Å². The number of nitrogens with zero attached hydrogens (tertiary/aromatic N) is 2. The summed E-state index contributed by atoms with van der Waals surface area (Å²) in [5, 5.41) is 12.8. The van der Waals surface area contributed by atoms with E-state index < -0.39 is 5.97 Å². The van der Waals surface area contributed by atoms with E-state index in [-0.39, 0.29) is 11.2 Å². The summed E-state index contributed by atoms with van der Waals surface area (Å²) in [6.07, 6.45) is 3.77. The second-order valence-corrected chi connectivity index (χ2v) is 5.15. The fraction of sp³-hybridized carbons (Fsp3) is 0.636. The van der Waals surface area contributed by atoms with Crippen molar-refractivity contribution in [2.75, 3.05) is 0 Å². The summed E-state index contributed by atoms with van der Waals surface area (Å²) >= 11 is 1.46. The molecule has 5 heteroatoms. The van der Waals surface area contributed by atoms with Crippen molar-refractivity contribution in [1.82, 2.24) is 9.78 Å². The minimum Gasteiger partial charge on any atom is -0.480 e. The molecule has 1 atom stereocenters. The predicted molar refractivity (Wildman–Crippen MR) is 65.5 cm³/mol. The number of hydrogen-bond acceptors (Lipinski definition) is 3. The van der Waals surface area contributed by atoms with Gasteiger partial charge in [-0.15, -0.1) is 11.8 Å². The van der Waals surface area contributed by atoms with E-state index in [0.717, 1.165) is 12.1 Å². The highest BCUT2D eigenvalue weighted by molar-refractivity contribution is 7.99. The fourth-order valence-corrected chi connectivity index (χ4v) is 2.44. The molecule has 1 aromatic rings. The fourth-order valence-electron chi connectivity index (χ4n) is 1.39. The zero-order valence-electron chi connectivity index (χ0n) is 9.88. The standard InChI is InChI=1S/C11H18N2O2S/c1-4-13-6-9(5-12-13)7-16-10(8(2)3)11(14)15/h5-6,8,10H,4,7H2,1-3H3,(H,14,15). The quantitative estimate of drug-likeness (QED) is 0.831. The molecule has 0 spiro atoms. The van der Waals surface area contributed by atoms with Crippen molar-refractivity contribution < 1.29 is 9.90 Å². The molecule has 1 heterocycles. The topological polar surface area (TPSA) is 55.1 Å². The zero-order chi connectivity index (χ0) is 12.1. The highest BCUT2D eigenvalue weighted by Crippen LogP contribution is 2.23. The van der Waals surface area contributed by atoms with Gasteiger partial charge in [-0.1, -0.05) is 13.8 Å². The lowest BCUT2D eigenvalue weighted by Crippen LogP contribution is -2.22. The summed E-state index contributed by atoms with van der Waals surface area (Å²) in [6, 6.07) is 0. The van der Waals surface area contributed by atoms with Gasteiger partial charge in [0.05, 0.1) is 6.20 Å². The number of aryl methyl sites for hydroxylation is 1. The van der Waals surface area contributed by atoms with Gasteiger partial charge in [0, 0.05) is 18.5 Å². The summed E-state index contributed by atoms with van der Waals surface area (Å²) in [7, 11) is 0. The van der Waals surface area contributed by atoms with Gasteiger partial charge in [-0.25, -0.2) is 0 Å². The van der Waals surface area contributed by atoms with E-state index in [0.29, 0.717) is 5.75 Å². The van der Waals surface area contributed by atoms with Crippen LogP contribution in [-0.2, 0) is 17.1 Å². The molecule has 90 valence electrons. The Hall–Kier alpha value is -0.970. The van der Waals surface area contributed by atoms with Crippen molar-refractivity contribution in [3.05, 3.63) is 18.0 Å². The number of carboxylic acid groups (broad SMARTS) is 1. The molecule has 1 unspecified atom stereocenters. The first kappa shape index (κ1) is 13.1. The van der Waals surface area contributed by atoms with Crippen LogP contribution in [0.1, 0.15) is 26.3 Å². The second-order valence-electron chi connectivity index (χ2n) is 4.02. The lowest BCUT2D eigenvalue weighted by molar-refractivity contribution is -0.137. The van der Waals surface area contributed by atoms with Crippen LogP contribution in [0.25, 0.3) is 0 Å². The smallest absolute Gasteiger partial charge is 0.316 e. The normalized spacial score (nSPS) is 13.0. The molecular weight excluding hydrogens is 224 g/mol. The SMILES string of the molecule is CCn1cc(CSC(C(=O)O)C(C)C)cn1. The van der Waals surface area contributed by atoms with E-state index in [2.05, 4.69) is 5.10 Å². The maximum atomic E-state index is 11.0. The highest BCUT2D eigenvalue weighted by atomic mass is 32.2. The lowest BCUT2D eigenvalue weighted by atomic mass is 10.1. The summed E-state index contributed by atoms with van der Waals surface area (Å²) in [5.41, 5.74) is 1.08. The number of aliphatic carboxylic acids is 1. The molecule has 1 rings (SSSR count). The third-order valence-corrected chi connectivity index (χ3v) is 3.89. The minimum absolute atomic E-state index is 0.142. The Morgan fingerprint density at radius 1 is 1.62 bits per heavy atom. The van der Waals surface area contributed by atoms with Crippen molar-refractivity contribution in [2.45, 2.75) is 38.3 Å². The van der Waals surface area contributed by atoms with Crippen LogP contribution in [0.3, 0.4) is 0 Å². The molecule has 4 nitrogen and oxygen atoms in total. The molecule has 0 aliphatic carbocycles. The summed E-state index contributed by atoms with van der Waals surface area (Å²) in [5.74, 6) is 0.112. The maximum absolute atomic E-state index is 11.0. The molecule has 0 fully saturated rings. The van der Waals surface area contributed by atoms with Crippen LogP contribution in [0.15, 0.2) is 12.4 Å². The number of hydrogen-bond donors (Lipinski definition) is 1. The van der Waals surface area contributed by atoms with Gasteiger partial charge in [0.1, 0.15) is 5.25 Å². The molecule has 0 saturated carbocycles. The van der Waals surface area contributed by atoms with Gasteiger partial charge in [-0.3, -0.25) is 9.48 Å². The monoisotopic (exact) mass is 242 g/mol. The Morgan fingerprint density at radius 3 is 2.75 bits per heavy atom. The van der Waals surface area contributed by atoms with E-state index in [1.54, 1.807) is 6.20 Å². The average Bonchev–Trinajstić information content (AvgIpc) is 2.65. The first-order chi connectivity index (χ1) is 7.54. The van der Waals surface area contributed by atoms with Gasteiger partial charge in [-0.05, 0) is 18.4 Å². The van der Waals surface area contributed by atoms with Crippen molar-refractivity contribution in [2.24, 2.45) is 5.92 Å². The van der Waals surface area contributed by atoms with Gasteiger partial charge in [0.25, 0.3) is 0 Å². The van der Waals surface area contributed by atoms with Crippen LogP contribution >= 0.6 is 11.8 Å². The van der Waals surface area contributed by atoms with Gasteiger partial charge >= 0.3 is 5.97 Å². The van der Waals surface area contributed by atoms with Crippen molar-refractivity contribution in [1.29, 1.82) is 0 Å². The molecule has 0 aliphatic rings. The highest BCUT2D eigenvalue weighted by Gasteiger charge is 2.21. The first-order valence-corrected chi connectivity index (χ1v) is 6.45. The van der Waals surface area contributed by atoms with Crippen LogP contribution < -0.4 is 0 Å². The van der Waals surface area contributed by atoms with E-state index in [9.17, 15) is 4.79 Å². The van der Waals surface area contributed by atoms with E-state index in [1.807, 2.05) is 31.6 Å². The van der Waals surface area contributed by atoms with E-state index >= 15 is 0 Å². The maximum Gasteiger partial charge on any atom is 0.316 e. The first-order valence-electron chi connectivity index (χ1n) is 5.40. The Balaban J connectivity index is 2.52. The van der Waals surface area contributed by atoms with Gasteiger partial charge in [0.15, 0.2) is 0 Å². The molecule has 0 aliphatic heterocycles. The van der Waals surface area contributed by atoms with Gasteiger partial charge in [0.2, 0.25) is 0 Å². The zero-order valence-corrected chi connectivity index (χ0v) is 10.7. The van der Waals surface area contributed by atoms with Crippen LogP contribution in [0, 0.1) is 5.92 Å². The molecule has 0 aromatic carbocycles. The van der Waals surface area contributed by atoms with Gasteiger partial charge < -0.3 is 5.11 Å². The summed E-state index contributed by atoms with van der Waals surface area (Å²) in [4.78, 5) is 11.0. The Kier molecular flexibility index (Phi) is 4.86. The second kappa shape index (κ2) is 5.94. The predicted octanol–water partition coefficient (Wildman–Crippen LogP) is 2.25. The van der Waals surface area contributed by atoms with Crippen LogP contribution in [0.4, 0.5) is 0 Å². The molecule has 0 saturated heterocycles. The average molecular weight is 242 g/mol. The van der Waals surface area contributed by atoms with E-state index in [1.165, 1.54) is 11.8 Å². The Bertz CT molecular complexity index is 350. The summed E-state index contributed by atoms with van der Waals surface area (Å²) in [6.45, 7) is 6.73. The Labute approximate surface area is 100 Å². The van der Waals surface area contributed by atoms with Gasteiger partial charge in [-0.2, -0.15) is 5.10 Å². The number of carboxylic acids is 1. The molecule has 16 heavy (non-hydrogen) atoms. The van der Waals surface area contributed by atoms with Crippen molar-refractivity contribution >= 4 is 17.7 Å². The Morgan fingerprint density at radius 2 is 2.31 bits per heavy atom. The lowest BCUT2D eigenvalue weighted by Gasteiger charge is -2.14. The largest absolute Gasteiger partial charge is 0.480 e. The van der Waals surface area contributed by atoms with Crippen molar-refractivity contribution in [3.63, 3.8) is 0 Å². The molecule has 1 aromatic heterocycles. The molecule has 0 amide bonds. The van der Waals surface area contributed by atoms with E-state index in [4.69, 9.17) is 5.11 Å². The number of aromatic nitrogens is 2. The van der Waals surface area contributed by atoms with Crippen molar-refractivity contribution in [3.8, 4) is 0 Å². The molecule has 0 radical (unpaired) electrons.